The van der Waals surface area contributed by atoms with E-state index in [1.807, 2.05) is 0 Å². The van der Waals surface area contributed by atoms with Crippen LogP contribution in [0.2, 0.25) is 0 Å². The van der Waals surface area contributed by atoms with Crippen LogP contribution < -0.4 is 10.6 Å². The lowest BCUT2D eigenvalue weighted by Crippen LogP contribution is -2.59. The van der Waals surface area contributed by atoms with E-state index in [4.69, 9.17) is 24.4 Å². The Morgan fingerprint density at radius 1 is 0.622 bits per heavy atom. The Hall–Kier alpha value is -0.770. The first-order chi connectivity index (χ1) is 18.2. The molecule has 1 aliphatic heterocycles. The number of carbonyl (C=O) groups is 1. The minimum Gasteiger partial charge on any atom is -0.459 e. The first-order valence-electron chi connectivity index (χ1n) is 15.3. The molecule has 0 aromatic rings. The normalized spacial score (nSPS) is 30.8. The van der Waals surface area contributed by atoms with E-state index in [1.54, 1.807) is 0 Å². The van der Waals surface area contributed by atoms with Crippen molar-refractivity contribution in [1.82, 2.24) is 10.6 Å². The average molecular weight is 527 g/mol. The van der Waals surface area contributed by atoms with Gasteiger partial charge in [0.05, 0.1) is 24.3 Å². The third kappa shape index (κ3) is 11.9. The zero-order valence-electron chi connectivity index (χ0n) is 23.0. The van der Waals surface area contributed by atoms with Crippen LogP contribution in [0.3, 0.4) is 0 Å². The van der Waals surface area contributed by atoms with Crippen molar-refractivity contribution in [2.45, 2.75) is 127 Å². The molecule has 0 atom stereocenters. The molecule has 4 N–H and O–H groups in total. The fourth-order valence-electron chi connectivity index (χ4n) is 6.03. The summed E-state index contributed by atoms with van der Waals surface area (Å²) < 4.78 is 18.0. The summed E-state index contributed by atoms with van der Waals surface area (Å²) in [5.74, 6) is 0.571. The molecule has 2 saturated carbocycles. The average Bonchev–Trinajstić information content (AvgIpc) is 2.94. The molecule has 0 aromatic heterocycles. The SMILES string of the molecule is O=C(OC1CNC(C2CCC(OCCCCCCO)CC2)NC1)C1CCC(OCCCCCCO)CC1. The summed E-state index contributed by atoms with van der Waals surface area (Å²) in [4.78, 5) is 12.7. The van der Waals surface area contributed by atoms with Crippen LogP contribution in [0, 0.1) is 11.8 Å². The molecule has 2 aliphatic carbocycles. The highest BCUT2D eigenvalue weighted by Gasteiger charge is 2.33. The number of hydrogen-bond acceptors (Lipinski definition) is 8. The highest BCUT2D eigenvalue weighted by atomic mass is 16.5. The Kier molecular flexibility index (Phi) is 15.4. The molecule has 1 heterocycles. The van der Waals surface area contributed by atoms with E-state index in [-0.39, 0.29) is 30.7 Å². The van der Waals surface area contributed by atoms with E-state index in [1.165, 1.54) is 0 Å². The van der Waals surface area contributed by atoms with Crippen molar-refractivity contribution < 1.29 is 29.2 Å². The van der Waals surface area contributed by atoms with Gasteiger partial charge in [-0.1, -0.05) is 25.7 Å². The molecule has 1 saturated heterocycles. The van der Waals surface area contributed by atoms with Crippen molar-refractivity contribution in [3.8, 4) is 0 Å². The zero-order valence-corrected chi connectivity index (χ0v) is 23.0. The van der Waals surface area contributed by atoms with Crippen LogP contribution in [0.25, 0.3) is 0 Å². The number of aliphatic hydroxyl groups excluding tert-OH is 2. The van der Waals surface area contributed by atoms with Crippen LogP contribution in [0.5, 0.6) is 0 Å². The fraction of sp³-hybridized carbons (Fsp3) is 0.966. The number of unbranched alkanes of at least 4 members (excludes halogenated alkanes) is 6. The fourth-order valence-corrected chi connectivity index (χ4v) is 6.03. The second-order valence-corrected chi connectivity index (χ2v) is 11.4. The quantitative estimate of drug-likeness (QED) is 0.168. The molecule has 3 fully saturated rings. The summed E-state index contributed by atoms with van der Waals surface area (Å²) in [5, 5.41) is 24.9. The third-order valence-electron chi connectivity index (χ3n) is 8.42. The maximum Gasteiger partial charge on any atom is 0.309 e. The lowest BCUT2D eigenvalue weighted by molar-refractivity contribution is -0.157. The summed E-state index contributed by atoms with van der Waals surface area (Å²) >= 11 is 0. The molecule has 0 amide bonds. The van der Waals surface area contributed by atoms with Crippen molar-refractivity contribution in [3.05, 3.63) is 0 Å². The van der Waals surface area contributed by atoms with E-state index >= 15 is 0 Å². The van der Waals surface area contributed by atoms with Crippen molar-refractivity contribution in [2.75, 3.05) is 39.5 Å². The molecular weight excluding hydrogens is 472 g/mol. The Labute approximate surface area is 224 Å². The predicted molar refractivity (Wildman–Crippen MR) is 144 cm³/mol. The van der Waals surface area contributed by atoms with Gasteiger partial charge in [-0.25, -0.2) is 0 Å². The predicted octanol–water partition coefficient (Wildman–Crippen LogP) is 3.67. The Balaban J connectivity index is 1.21. The second-order valence-electron chi connectivity index (χ2n) is 11.4. The first-order valence-corrected chi connectivity index (χ1v) is 15.3. The molecule has 37 heavy (non-hydrogen) atoms. The minimum absolute atomic E-state index is 0.00656. The van der Waals surface area contributed by atoms with Gasteiger partial charge in [-0.15, -0.1) is 0 Å². The molecule has 8 heteroatoms. The summed E-state index contributed by atoms with van der Waals surface area (Å²) in [6, 6.07) is 0. The van der Waals surface area contributed by atoms with Crippen LogP contribution in [0.15, 0.2) is 0 Å². The van der Waals surface area contributed by atoms with Crippen LogP contribution in [-0.4, -0.2) is 80.2 Å². The molecule has 0 bridgehead atoms. The van der Waals surface area contributed by atoms with Gasteiger partial charge in [0.15, 0.2) is 0 Å². The van der Waals surface area contributed by atoms with Gasteiger partial charge in [0.2, 0.25) is 0 Å². The summed E-state index contributed by atoms with van der Waals surface area (Å²) in [5.41, 5.74) is 0. The molecule has 0 aromatic carbocycles. The highest BCUT2D eigenvalue weighted by molar-refractivity contribution is 5.72. The van der Waals surface area contributed by atoms with Crippen molar-refractivity contribution in [2.24, 2.45) is 11.8 Å². The van der Waals surface area contributed by atoms with Crippen LogP contribution >= 0.6 is 0 Å². The van der Waals surface area contributed by atoms with Gasteiger partial charge >= 0.3 is 5.97 Å². The van der Waals surface area contributed by atoms with Gasteiger partial charge in [-0.05, 0) is 83.0 Å². The summed E-state index contributed by atoms with van der Waals surface area (Å²) in [7, 11) is 0. The van der Waals surface area contributed by atoms with Crippen molar-refractivity contribution >= 4 is 5.97 Å². The number of hydrogen-bond donors (Lipinski definition) is 4. The van der Waals surface area contributed by atoms with Crippen LogP contribution in [-0.2, 0) is 19.0 Å². The number of ether oxygens (including phenoxy) is 3. The first kappa shape index (κ1) is 30.8. The molecule has 8 nitrogen and oxygen atoms in total. The van der Waals surface area contributed by atoms with Crippen LogP contribution in [0.1, 0.15) is 103 Å². The maximum absolute atomic E-state index is 12.7. The molecule has 216 valence electrons. The van der Waals surface area contributed by atoms with Gasteiger partial charge in [-0.2, -0.15) is 0 Å². The number of esters is 1. The Morgan fingerprint density at radius 3 is 1.62 bits per heavy atom. The van der Waals surface area contributed by atoms with Crippen LogP contribution in [0.4, 0.5) is 0 Å². The molecule has 0 unspecified atom stereocenters. The number of carbonyl (C=O) groups excluding carboxylic acids is 1. The summed E-state index contributed by atoms with van der Waals surface area (Å²) in [6.07, 6.45) is 17.4. The largest absolute Gasteiger partial charge is 0.459 e. The highest BCUT2D eigenvalue weighted by Crippen LogP contribution is 2.30. The number of nitrogens with one attached hydrogen (secondary N) is 2. The maximum atomic E-state index is 12.7. The lowest BCUT2D eigenvalue weighted by Gasteiger charge is -2.39. The van der Waals surface area contributed by atoms with Gasteiger partial charge < -0.3 is 24.4 Å². The number of rotatable bonds is 17. The molecule has 3 rings (SSSR count). The molecule has 0 spiro atoms. The zero-order chi connectivity index (χ0) is 26.1. The topological polar surface area (TPSA) is 109 Å². The molecular formula is C29H54N2O6. The van der Waals surface area contributed by atoms with E-state index < -0.39 is 0 Å². The summed E-state index contributed by atoms with van der Waals surface area (Å²) in [6.45, 7) is 3.65. The standard InChI is InChI=1S/C29H54N2O6/c32-17-5-1-3-7-19-35-25-13-9-23(10-14-25)28-30-21-27(22-31-28)37-29(34)24-11-15-26(16-12-24)36-20-8-4-2-6-18-33/h23-28,30-33H,1-22H2. The van der Waals surface area contributed by atoms with Gasteiger partial charge in [-0.3, -0.25) is 15.4 Å². The van der Waals surface area contributed by atoms with Crippen molar-refractivity contribution in [3.63, 3.8) is 0 Å². The molecule has 0 radical (unpaired) electrons. The van der Waals surface area contributed by atoms with Crippen molar-refractivity contribution in [1.29, 1.82) is 0 Å². The van der Waals surface area contributed by atoms with Gasteiger partial charge in [0.25, 0.3) is 0 Å². The minimum atomic E-state index is -0.0952. The lowest BCUT2D eigenvalue weighted by atomic mass is 9.84. The van der Waals surface area contributed by atoms with Gasteiger partial charge in [0.1, 0.15) is 6.10 Å². The smallest absolute Gasteiger partial charge is 0.309 e. The molecule has 3 aliphatic rings. The third-order valence-corrected chi connectivity index (χ3v) is 8.42. The van der Waals surface area contributed by atoms with Gasteiger partial charge in [0, 0.05) is 39.5 Å². The Bertz CT molecular complexity index is 585. The van der Waals surface area contributed by atoms with E-state index in [9.17, 15) is 4.79 Å². The Morgan fingerprint density at radius 2 is 1.11 bits per heavy atom. The van der Waals surface area contributed by atoms with E-state index in [0.29, 0.717) is 24.8 Å². The monoisotopic (exact) mass is 526 g/mol. The second kappa shape index (κ2) is 18.5. The number of aliphatic hydroxyl groups is 2. The van der Waals surface area contributed by atoms with E-state index in [0.717, 1.165) is 129 Å². The van der Waals surface area contributed by atoms with E-state index in [2.05, 4.69) is 10.6 Å².